The van der Waals surface area contributed by atoms with Crippen molar-refractivity contribution in [3.05, 3.63) is 96.8 Å². The van der Waals surface area contributed by atoms with E-state index in [1.165, 1.54) is 0 Å². The highest BCUT2D eigenvalue weighted by molar-refractivity contribution is 6.62. The molecule has 1 aliphatic heterocycles. The second kappa shape index (κ2) is 9.02. The summed E-state index contributed by atoms with van der Waals surface area (Å²) in [6, 6.07) is 31.7. The first-order valence-corrected chi connectivity index (χ1v) is 14.0. The van der Waals surface area contributed by atoms with Gasteiger partial charge in [0.05, 0.1) is 33.4 Å². The zero-order valence-corrected chi connectivity index (χ0v) is 23.6. The summed E-state index contributed by atoms with van der Waals surface area (Å²) in [4.78, 5) is 10.4. The maximum atomic E-state index is 6.30. The van der Waals surface area contributed by atoms with E-state index in [2.05, 4.69) is 118 Å². The molecule has 0 bridgehead atoms. The lowest BCUT2D eigenvalue weighted by Gasteiger charge is -2.32. The van der Waals surface area contributed by atoms with Gasteiger partial charge in [-0.15, -0.1) is 0 Å². The second-order valence-corrected chi connectivity index (χ2v) is 11.6. The molecule has 1 aliphatic rings. The van der Waals surface area contributed by atoms with Gasteiger partial charge in [0.15, 0.2) is 0 Å². The Morgan fingerprint density at radius 2 is 1.40 bits per heavy atom. The van der Waals surface area contributed by atoms with Gasteiger partial charge < -0.3 is 9.31 Å². The summed E-state index contributed by atoms with van der Waals surface area (Å²) in [6.07, 6.45) is 0.824. The van der Waals surface area contributed by atoms with Crippen molar-refractivity contribution in [2.75, 3.05) is 0 Å². The third-order valence-electron chi connectivity index (χ3n) is 8.60. The van der Waals surface area contributed by atoms with E-state index in [0.29, 0.717) is 0 Å². The van der Waals surface area contributed by atoms with Crippen molar-refractivity contribution in [1.29, 1.82) is 0 Å². The molecule has 198 valence electrons. The van der Waals surface area contributed by atoms with Crippen LogP contribution in [0.5, 0.6) is 0 Å². The van der Waals surface area contributed by atoms with Gasteiger partial charge in [-0.1, -0.05) is 73.7 Å². The number of imidazole rings is 1. The van der Waals surface area contributed by atoms with E-state index in [0.717, 1.165) is 67.4 Å². The summed E-state index contributed by atoms with van der Waals surface area (Å²) in [5, 5.41) is 3.36. The minimum absolute atomic E-state index is 0.382. The Kier molecular flexibility index (Phi) is 5.64. The van der Waals surface area contributed by atoms with Gasteiger partial charge in [-0.25, -0.2) is 9.97 Å². The smallest absolute Gasteiger partial charge is 0.399 e. The number of hydrogen-bond donors (Lipinski definition) is 0. The first-order valence-electron chi connectivity index (χ1n) is 14.0. The maximum Gasteiger partial charge on any atom is 0.494 e. The largest absolute Gasteiger partial charge is 0.494 e. The summed E-state index contributed by atoms with van der Waals surface area (Å²) in [6.45, 7) is 10.5. The van der Waals surface area contributed by atoms with Crippen molar-refractivity contribution in [2.45, 2.75) is 52.2 Å². The number of benzene rings is 4. The summed E-state index contributed by atoms with van der Waals surface area (Å²) < 4.78 is 14.9. The molecule has 0 aliphatic carbocycles. The number of aromatic nitrogens is 3. The third-order valence-corrected chi connectivity index (χ3v) is 8.60. The molecular formula is C34H32BN3O2. The van der Waals surface area contributed by atoms with Crippen LogP contribution in [0.2, 0.25) is 0 Å². The molecule has 40 heavy (non-hydrogen) atoms. The van der Waals surface area contributed by atoms with Crippen LogP contribution in [0.3, 0.4) is 0 Å². The molecule has 5 nitrogen and oxygen atoms in total. The van der Waals surface area contributed by atoms with Crippen LogP contribution in [0.4, 0.5) is 0 Å². The minimum atomic E-state index is -0.402. The molecule has 0 spiro atoms. The van der Waals surface area contributed by atoms with Crippen molar-refractivity contribution in [1.82, 2.24) is 14.5 Å². The Balaban J connectivity index is 1.45. The molecule has 1 saturated heterocycles. The van der Waals surface area contributed by atoms with E-state index in [1.807, 2.05) is 12.1 Å². The van der Waals surface area contributed by atoms with Crippen LogP contribution in [0.25, 0.3) is 49.7 Å². The van der Waals surface area contributed by atoms with Crippen LogP contribution in [-0.2, 0) is 15.7 Å². The molecule has 6 aromatic rings. The van der Waals surface area contributed by atoms with Crippen LogP contribution in [0.1, 0.15) is 40.4 Å². The molecule has 4 aromatic carbocycles. The van der Waals surface area contributed by atoms with Crippen molar-refractivity contribution in [3.8, 4) is 16.9 Å². The second-order valence-electron chi connectivity index (χ2n) is 11.6. The number of pyridine rings is 1. The molecule has 0 radical (unpaired) electrons. The van der Waals surface area contributed by atoms with Gasteiger partial charge in [0.25, 0.3) is 0 Å². The molecule has 0 unspecified atom stereocenters. The van der Waals surface area contributed by atoms with E-state index < -0.39 is 7.12 Å². The van der Waals surface area contributed by atoms with E-state index in [-0.39, 0.29) is 11.2 Å². The normalized spacial score (nSPS) is 16.4. The Labute approximate surface area is 234 Å². The topological polar surface area (TPSA) is 49.2 Å². The summed E-state index contributed by atoms with van der Waals surface area (Å²) in [5.41, 5.74) is 6.35. The number of hydrogen-bond acceptors (Lipinski definition) is 4. The van der Waals surface area contributed by atoms with Gasteiger partial charge in [-0.2, -0.15) is 0 Å². The Hall–Kier alpha value is -4.00. The van der Waals surface area contributed by atoms with Crippen LogP contribution in [-0.4, -0.2) is 32.9 Å². The number of nitrogens with zero attached hydrogens (tertiary/aromatic N) is 3. The number of aryl methyl sites for hydroxylation is 1. The van der Waals surface area contributed by atoms with Crippen molar-refractivity contribution < 1.29 is 9.31 Å². The van der Waals surface area contributed by atoms with E-state index in [4.69, 9.17) is 19.3 Å². The van der Waals surface area contributed by atoms with E-state index in [1.54, 1.807) is 0 Å². The number of fused-ring (bicyclic) bond motifs is 5. The van der Waals surface area contributed by atoms with Crippen LogP contribution >= 0.6 is 0 Å². The first kappa shape index (κ1) is 25.0. The van der Waals surface area contributed by atoms with Crippen LogP contribution < -0.4 is 5.46 Å². The van der Waals surface area contributed by atoms with E-state index >= 15 is 0 Å². The SMILES string of the molecule is CCc1nc2c3c(-c4ccc(B5OC(C)(C)C(C)(C)O5)cc4)nc4ccccc4c3ccc2n1-c1ccccc1. The number of rotatable bonds is 4. The molecule has 0 saturated carbocycles. The standard InChI is InChI=1S/C34H32BN3O2/c1-6-29-37-32-28(38(29)24-12-8-7-9-13-24)21-20-26-25-14-10-11-15-27(25)36-31(30(26)32)22-16-18-23(19-17-22)35-39-33(2,3)34(4,5)40-35/h7-21H,6H2,1-5H3. The van der Waals surface area contributed by atoms with Gasteiger partial charge in [0.2, 0.25) is 0 Å². The Morgan fingerprint density at radius 1 is 0.725 bits per heavy atom. The Morgan fingerprint density at radius 3 is 2.10 bits per heavy atom. The molecule has 1 fully saturated rings. The predicted octanol–water partition coefficient (Wildman–Crippen LogP) is 7.26. The highest BCUT2D eigenvalue weighted by atomic mass is 16.7. The quantitative estimate of drug-likeness (QED) is 0.180. The fourth-order valence-electron chi connectivity index (χ4n) is 5.72. The monoisotopic (exact) mass is 525 g/mol. The highest BCUT2D eigenvalue weighted by Gasteiger charge is 2.51. The lowest BCUT2D eigenvalue weighted by atomic mass is 9.78. The molecule has 7 rings (SSSR count). The molecule has 0 N–H and O–H groups in total. The molecule has 0 atom stereocenters. The Bertz CT molecular complexity index is 1880. The summed E-state index contributed by atoms with van der Waals surface area (Å²) >= 11 is 0. The average Bonchev–Trinajstić information content (AvgIpc) is 3.45. The lowest BCUT2D eigenvalue weighted by Crippen LogP contribution is -2.41. The molecule has 6 heteroatoms. The van der Waals surface area contributed by atoms with Gasteiger partial charge in [0.1, 0.15) is 5.82 Å². The van der Waals surface area contributed by atoms with Crippen molar-refractivity contribution >= 4 is 45.3 Å². The average molecular weight is 525 g/mol. The van der Waals surface area contributed by atoms with Crippen LogP contribution in [0.15, 0.2) is 91.0 Å². The molecule has 3 heterocycles. The van der Waals surface area contributed by atoms with Gasteiger partial charge >= 0.3 is 7.12 Å². The zero-order valence-electron chi connectivity index (χ0n) is 23.6. The van der Waals surface area contributed by atoms with Crippen molar-refractivity contribution in [2.24, 2.45) is 0 Å². The fourth-order valence-corrected chi connectivity index (χ4v) is 5.72. The van der Waals surface area contributed by atoms with Crippen LogP contribution in [0, 0.1) is 0 Å². The zero-order chi connectivity index (χ0) is 27.6. The third kappa shape index (κ3) is 3.78. The highest BCUT2D eigenvalue weighted by Crippen LogP contribution is 2.39. The summed E-state index contributed by atoms with van der Waals surface area (Å²) in [5.74, 6) is 1.03. The predicted molar refractivity (Wildman–Crippen MR) is 164 cm³/mol. The summed E-state index contributed by atoms with van der Waals surface area (Å²) in [7, 11) is -0.402. The first-order chi connectivity index (χ1) is 19.3. The number of para-hydroxylation sites is 2. The maximum absolute atomic E-state index is 6.30. The van der Waals surface area contributed by atoms with E-state index in [9.17, 15) is 0 Å². The van der Waals surface area contributed by atoms with Gasteiger partial charge in [-0.05, 0) is 62.8 Å². The lowest BCUT2D eigenvalue weighted by molar-refractivity contribution is 0.00578. The van der Waals surface area contributed by atoms with Gasteiger partial charge in [0, 0.05) is 28.4 Å². The molecular weight excluding hydrogens is 493 g/mol. The minimum Gasteiger partial charge on any atom is -0.399 e. The molecule has 0 amide bonds. The fraction of sp³-hybridized carbons (Fsp3) is 0.235. The van der Waals surface area contributed by atoms with Crippen molar-refractivity contribution in [3.63, 3.8) is 0 Å². The van der Waals surface area contributed by atoms with Gasteiger partial charge in [-0.3, -0.25) is 4.57 Å². The molecule has 2 aromatic heterocycles.